The van der Waals surface area contributed by atoms with E-state index in [1.165, 1.54) is 0 Å². The Bertz CT molecular complexity index is 516. The number of fused-ring (bicyclic) bond motifs is 1. The fourth-order valence-electron chi connectivity index (χ4n) is 1.83. The van der Waals surface area contributed by atoms with Gasteiger partial charge in [0.05, 0.1) is 5.56 Å². The van der Waals surface area contributed by atoms with Gasteiger partial charge in [-0.2, -0.15) is 0 Å². The molecule has 0 radical (unpaired) electrons. The van der Waals surface area contributed by atoms with Gasteiger partial charge in [-0.1, -0.05) is 31.5 Å². The molecule has 0 fully saturated rings. The van der Waals surface area contributed by atoms with E-state index in [2.05, 4.69) is 6.92 Å². The molecule has 0 N–H and O–H groups in total. The van der Waals surface area contributed by atoms with Crippen molar-refractivity contribution in [2.75, 3.05) is 0 Å². The Morgan fingerprint density at radius 3 is 2.81 bits per heavy atom. The summed E-state index contributed by atoms with van der Waals surface area (Å²) < 4.78 is 5.26. The smallest absolute Gasteiger partial charge is 0.400 e. The highest BCUT2D eigenvalue weighted by molar-refractivity contribution is 5.84. The molecule has 4 heteroatoms. The Morgan fingerprint density at radius 2 is 2.12 bits per heavy atom. The molecule has 0 unspecified atom stereocenters. The Kier molecular flexibility index (Phi) is 2.90. The van der Waals surface area contributed by atoms with Gasteiger partial charge in [0.2, 0.25) is 0 Å². The lowest BCUT2D eigenvalue weighted by Crippen LogP contribution is -1.91. The summed E-state index contributed by atoms with van der Waals surface area (Å²) in [5, 5.41) is 11.7. The summed E-state index contributed by atoms with van der Waals surface area (Å²) >= 11 is 0. The molecule has 0 amide bonds. The van der Waals surface area contributed by atoms with Crippen LogP contribution in [0.3, 0.4) is 0 Å². The van der Waals surface area contributed by atoms with Crippen molar-refractivity contribution in [1.82, 2.24) is 0 Å². The summed E-state index contributed by atoms with van der Waals surface area (Å²) in [4.78, 5) is 10.4. The molecule has 84 valence electrons. The lowest BCUT2D eigenvalue weighted by Gasteiger charge is -1.95. The van der Waals surface area contributed by atoms with E-state index in [1.807, 2.05) is 18.2 Å². The molecule has 1 aromatic heterocycles. The van der Waals surface area contributed by atoms with E-state index in [1.54, 1.807) is 6.07 Å². The number of furan rings is 1. The quantitative estimate of drug-likeness (QED) is 0.582. The summed E-state index contributed by atoms with van der Waals surface area (Å²) in [6.07, 6.45) is 2.64. The van der Waals surface area contributed by atoms with Gasteiger partial charge in [0, 0.05) is 5.39 Å². The van der Waals surface area contributed by atoms with Crippen molar-refractivity contribution in [2.45, 2.75) is 26.2 Å². The maximum absolute atomic E-state index is 10.9. The number of aryl methyl sites for hydroxylation is 1. The Morgan fingerprint density at radius 1 is 1.38 bits per heavy atom. The van der Waals surface area contributed by atoms with Gasteiger partial charge < -0.3 is 4.42 Å². The van der Waals surface area contributed by atoms with Crippen molar-refractivity contribution in [2.24, 2.45) is 0 Å². The van der Waals surface area contributed by atoms with Crippen LogP contribution < -0.4 is 0 Å². The van der Waals surface area contributed by atoms with E-state index < -0.39 is 4.92 Å². The predicted molar refractivity (Wildman–Crippen MR) is 61.5 cm³/mol. The van der Waals surface area contributed by atoms with Crippen molar-refractivity contribution < 1.29 is 9.34 Å². The summed E-state index contributed by atoms with van der Waals surface area (Å²) in [7, 11) is 0. The molecular weight excluding hydrogens is 206 g/mol. The number of nitro groups is 1. The highest BCUT2D eigenvalue weighted by Gasteiger charge is 2.22. The van der Waals surface area contributed by atoms with Gasteiger partial charge in [0.15, 0.2) is 0 Å². The Hall–Kier alpha value is -1.84. The van der Waals surface area contributed by atoms with Crippen LogP contribution in [0.4, 0.5) is 5.88 Å². The molecule has 2 rings (SSSR count). The van der Waals surface area contributed by atoms with Crippen molar-refractivity contribution in [3.05, 3.63) is 39.9 Å². The van der Waals surface area contributed by atoms with Crippen LogP contribution in [-0.4, -0.2) is 4.92 Å². The van der Waals surface area contributed by atoms with Crippen LogP contribution >= 0.6 is 0 Å². The number of nitrogens with zero attached hydrogens (tertiary/aromatic N) is 1. The standard InChI is InChI=1S/C12H13NO3/c1-2-3-6-10-9-7-4-5-8-11(9)16-12(10)13(14)15/h4-5,7-8H,2-3,6H2,1H3. The maximum atomic E-state index is 10.9. The fraction of sp³-hybridized carbons (Fsp3) is 0.333. The minimum absolute atomic E-state index is 0.102. The summed E-state index contributed by atoms with van der Waals surface area (Å²) in [6.45, 7) is 2.06. The number of unbranched alkanes of at least 4 members (excludes halogenated alkanes) is 1. The van der Waals surface area contributed by atoms with E-state index in [4.69, 9.17) is 4.42 Å². The van der Waals surface area contributed by atoms with Crippen LogP contribution in [0.15, 0.2) is 28.7 Å². The molecule has 0 saturated heterocycles. The molecule has 0 spiro atoms. The predicted octanol–water partition coefficient (Wildman–Crippen LogP) is 3.68. The lowest BCUT2D eigenvalue weighted by molar-refractivity contribution is -0.402. The number of para-hydroxylation sites is 1. The Labute approximate surface area is 93.0 Å². The molecule has 0 aliphatic rings. The first-order valence-electron chi connectivity index (χ1n) is 5.39. The average Bonchev–Trinajstić information content (AvgIpc) is 2.65. The fourth-order valence-corrected chi connectivity index (χ4v) is 1.83. The van der Waals surface area contributed by atoms with E-state index in [0.717, 1.165) is 23.8 Å². The number of rotatable bonds is 4. The zero-order chi connectivity index (χ0) is 11.5. The third-order valence-electron chi connectivity index (χ3n) is 2.62. The molecule has 0 aliphatic heterocycles. The summed E-state index contributed by atoms with van der Waals surface area (Å²) in [6, 6.07) is 7.32. The van der Waals surface area contributed by atoms with E-state index in [-0.39, 0.29) is 5.88 Å². The van der Waals surface area contributed by atoms with Gasteiger partial charge in [-0.25, -0.2) is 0 Å². The van der Waals surface area contributed by atoms with Crippen LogP contribution in [0.1, 0.15) is 25.3 Å². The van der Waals surface area contributed by atoms with Gasteiger partial charge in [-0.05, 0) is 18.9 Å². The van der Waals surface area contributed by atoms with Gasteiger partial charge in [-0.3, -0.25) is 10.1 Å². The minimum Gasteiger partial charge on any atom is -0.400 e. The van der Waals surface area contributed by atoms with E-state index in [9.17, 15) is 10.1 Å². The molecule has 0 bridgehead atoms. The maximum Gasteiger partial charge on any atom is 0.437 e. The zero-order valence-corrected chi connectivity index (χ0v) is 9.10. The van der Waals surface area contributed by atoms with Crippen LogP contribution in [0.5, 0.6) is 0 Å². The van der Waals surface area contributed by atoms with E-state index in [0.29, 0.717) is 12.0 Å². The van der Waals surface area contributed by atoms with Crippen molar-refractivity contribution in [3.8, 4) is 0 Å². The van der Waals surface area contributed by atoms with Crippen LogP contribution in [0, 0.1) is 10.1 Å². The van der Waals surface area contributed by atoms with Crippen molar-refractivity contribution >= 4 is 16.9 Å². The third kappa shape index (κ3) is 1.78. The molecule has 1 heterocycles. The number of hydrogen-bond donors (Lipinski definition) is 0. The topological polar surface area (TPSA) is 56.3 Å². The van der Waals surface area contributed by atoms with Crippen molar-refractivity contribution in [1.29, 1.82) is 0 Å². The number of hydrogen-bond acceptors (Lipinski definition) is 3. The van der Waals surface area contributed by atoms with Crippen molar-refractivity contribution in [3.63, 3.8) is 0 Å². The van der Waals surface area contributed by atoms with E-state index >= 15 is 0 Å². The first-order valence-corrected chi connectivity index (χ1v) is 5.39. The second-order valence-corrected chi connectivity index (χ2v) is 3.74. The molecule has 0 saturated carbocycles. The molecule has 0 atom stereocenters. The number of benzene rings is 1. The van der Waals surface area contributed by atoms with Gasteiger partial charge in [0.1, 0.15) is 10.5 Å². The first kappa shape index (κ1) is 10.7. The Balaban J connectivity index is 2.55. The zero-order valence-electron chi connectivity index (χ0n) is 9.10. The minimum atomic E-state index is -0.439. The second-order valence-electron chi connectivity index (χ2n) is 3.74. The highest BCUT2D eigenvalue weighted by atomic mass is 16.6. The first-order chi connectivity index (χ1) is 7.74. The molecule has 0 aliphatic carbocycles. The summed E-state index contributed by atoms with van der Waals surface area (Å²) in [5.41, 5.74) is 1.32. The van der Waals surface area contributed by atoms with Gasteiger partial charge in [0.25, 0.3) is 0 Å². The van der Waals surface area contributed by atoms with Crippen LogP contribution in [0.2, 0.25) is 0 Å². The van der Waals surface area contributed by atoms with Crippen LogP contribution in [-0.2, 0) is 6.42 Å². The highest BCUT2D eigenvalue weighted by Crippen LogP contribution is 2.32. The van der Waals surface area contributed by atoms with Gasteiger partial charge >= 0.3 is 5.88 Å². The molecule has 16 heavy (non-hydrogen) atoms. The molecule has 1 aromatic carbocycles. The monoisotopic (exact) mass is 219 g/mol. The van der Waals surface area contributed by atoms with Crippen LogP contribution in [0.25, 0.3) is 11.0 Å². The molecule has 4 nitrogen and oxygen atoms in total. The largest absolute Gasteiger partial charge is 0.437 e. The normalized spacial score (nSPS) is 10.8. The SMILES string of the molecule is CCCCc1c([N+](=O)[O-])oc2ccccc12. The van der Waals surface area contributed by atoms with Gasteiger partial charge in [-0.15, -0.1) is 0 Å². The second kappa shape index (κ2) is 4.35. The molecular formula is C12H13NO3. The third-order valence-corrected chi connectivity index (χ3v) is 2.62. The summed E-state index contributed by atoms with van der Waals surface area (Å²) in [5.74, 6) is -0.102. The average molecular weight is 219 g/mol. The molecule has 2 aromatic rings. The lowest BCUT2D eigenvalue weighted by atomic mass is 10.1.